The van der Waals surface area contributed by atoms with E-state index in [4.69, 9.17) is 46.4 Å². The summed E-state index contributed by atoms with van der Waals surface area (Å²) < 4.78 is 43.4. The maximum Gasteiger partial charge on any atom is 0.434 e. The third kappa shape index (κ3) is 6.41. The van der Waals surface area contributed by atoms with Gasteiger partial charge in [0.15, 0.2) is 5.69 Å². The molecule has 0 aliphatic carbocycles. The first kappa shape index (κ1) is 27.3. The molecule has 192 valence electrons. The van der Waals surface area contributed by atoms with Gasteiger partial charge in [0, 0.05) is 33.2 Å². The van der Waals surface area contributed by atoms with Crippen LogP contribution < -0.4 is 0 Å². The lowest BCUT2D eigenvalue weighted by molar-refractivity contribution is -0.143. The number of carbonyl (C=O) groups excluding carboxylic acids is 1. The summed E-state index contributed by atoms with van der Waals surface area (Å²) in [6.45, 7) is 0.0792. The van der Waals surface area contributed by atoms with Crippen LogP contribution in [0.25, 0.3) is 5.69 Å². The second-order valence-corrected chi connectivity index (χ2v) is 9.78. The Morgan fingerprint density at radius 2 is 1.43 bits per heavy atom. The second kappa shape index (κ2) is 11.4. The van der Waals surface area contributed by atoms with E-state index < -0.39 is 23.3 Å². The largest absolute Gasteiger partial charge is 0.434 e. The van der Waals surface area contributed by atoms with Crippen molar-refractivity contribution in [1.29, 1.82) is 0 Å². The number of hydrogen-bond donors (Lipinski definition) is 0. The first-order chi connectivity index (χ1) is 17.5. The predicted octanol–water partition coefficient (Wildman–Crippen LogP) is 8.39. The Hall–Kier alpha value is -2.71. The summed E-state index contributed by atoms with van der Waals surface area (Å²) in [5.74, 6) is -0.842. The minimum Gasteiger partial charge on any atom is -0.334 e. The van der Waals surface area contributed by atoms with E-state index in [1.165, 1.54) is 29.2 Å². The van der Waals surface area contributed by atoms with Gasteiger partial charge in [-0.3, -0.25) is 4.79 Å². The highest BCUT2D eigenvalue weighted by Gasteiger charge is 2.41. The highest BCUT2D eigenvalue weighted by Crippen LogP contribution is 2.35. The van der Waals surface area contributed by atoms with E-state index in [9.17, 15) is 18.0 Å². The fourth-order valence-corrected chi connectivity index (χ4v) is 4.65. The Morgan fingerprint density at radius 3 is 2.00 bits per heavy atom. The predicted molar refractivity (Wildman–Crippen MR) is 140 cm³/mol. The number of hydrogen-bond acceptors (Lipinski definition) is 2. The van der Waals surface area contributed by atoms with Crippen LogP contribution in [0.2, 0.25) is 20.1 Å². The van der Waals surface area contributed by atoms with Crippen molar-refractivity contribution in [3.63, 3.8) is 0 Å². The van der Waals surface area contributed by atoms with Gasteiger partial charge in [-0.25, -0.2) is 4.68 Å². The van der Waals surface area contributed by atoms with Crippen molar-refractivity contribution in [2.75, 3.05) is 6.54 Å². The molecule has 0 bridgehead atoms. The van der Waals surface area contributed by atoms with Crippen LogP contribution in [-0.2, 0) is 19.1 Å². The SMILES string of the molecule is O=C(c1cnn(-c2ccc(Cl)cc2)c1C(F)(F)F)N(CCc1c(Cl)cccc1Cl)Cc1ccc(Cl)cc1. The van der Waals surface area contributed by atoms with Crippen LogP contribution in [-0.4, -0.2) is 27.1 Å². The fourth-order valence-electron chi connectivity index (χ4n) is 3.81. The highest BCUT2D eigenvalue weighted by atomic mass is 35.5. The zero-order valence-electron chi connectivity index (χ0n) is 18.9. The molecule has 0 saturated carbocycles. The summed E-state index contributed by atoms with van der Waals surface area (Å²) in [7, 11) is 0. The molecule has 37 heavy (non-hydrogen) atoms. The van der Waals surface area contributed by atoms with Gasteiger partial charge in [0.05, 0.1) is 17.4 Å². The van der Waals surface area contributed by atoms with Gasteiger partial charge in [-0.15, -0.1) is 0 Å². The zero-order valence-corrected chi connectivity index (χ0v) is 22.0. The highest BCUT2D eigenvalue weighted by molar-refractivity contribution is 6.36. The van der Waals surface area contributed by atoms with E-state index in [1.54, 1.807) is 42.5 Å². The Morgan fingerprint density at radius 1 is 0.865 bits per heavy atom. The molecule has 1 aromatic heterocycles. The van der Waals surface area contributed by atoms with Gasteiger partial charge in [0.2, 0.25) is 0 Å². The van der Waals surface area contributed by atoms with Crippen molar-refractivity contribution in [2.45, 2.75) is 19.1 Å². The molecule has 4 rings (SSSR count). The molecule has 0 saturated heterocycles. The maximum absolute atomic E-state index is 14.3. The van der Waals surface area contributed by atoms with Crippen molar-refractivity contribution >= 4 is 52.3 Å². The molecule has 0 N–H and O–H groups in total. The number of benzene rings is 3. The van der Waals surface area contributed by atoms with E-state index in [-0.39, 0.29) is 25.2 Å². The minimum atomic E-state index is -4.86. The Balaban J connectivity index is 1.73. The summed E-state index contributed by atoms with van der Waals surface area (Å²) in [5, 5.41) is 5.55. The smallest absolute Gasteiger partial charge is 0.334 e. The number of carbonyl (C=O) groups is 1. The van der Waals surface area contributed by atoms with E-state index in [0.717, 1.165) is 6.20 Å². The van der Waals surface area contributed by atoms with Gasteiger partial charge >= 0.3 is 6.18 Å². The Bertz CT molecular complexity index is 1380. The van der Waals surface area contributed by atoms with E-state index in [2.05, 4.69) is 5.10 Å². The molecule has 0 atom stereocenters. The number of amides is 1. The lowest BCUT2D eigenvalue weighted by Gasteiger charge is -2.24. The van der Waals surface area contributed by atoms with Crippen molar-refractivity contribution in [2.24, 2.45) is 0 Å². The lowest BCUT2D eigenvalue weighted by Crippen LogP contribution is -2.34. The fraction of sp³-hybridized carbons (Fsp3) is 0.154. The molecule has 4 aromatic rings. The molecular formula is C26H18Cl4F3N3O. The van der Waals surface area contributed by atoms with Crippen LogP contribution in [0.15, 0.2) is 72.9 Å². The number of alkyl halides is 3. The van der Waals surface area contributed by atoms with Crippen LogP contribution in [0.4, 0.5) is 13.2 Å². The standard InChI is InChI=1S/C26H18Cl4F3N3O/c27-17-6-4-16(5-7-17)15-35(13-12-20-22(29)2-1-3-23(20)30)25(37)21-14-34-36(24(21)26(31,32)33)19-10-8-18(28)9-11-19/h1-11,14H,12-13,15H2. The molecule has 0 aliphatic heterocycles. The van der Waals surface area contributed by atoms with Crippen molar-refractivity contribution in [1.82, 2.24) is 14.7 Å². The number of aromatic nitrogens is 2. The van der Waals surface area contributed by atoms with Gasteiger partial charge < -0.3 is 4.90 Å². The first-order valence-corrected chi connectivity index (χ1v) is 12.4. The number of rotatable bonds is 7. The molecule has 0 spiro atoms. The lowest BCUT2D eigenvalue weighted by atomic mass is 10.1. The molecule has 0 unspecified atom stereocenters. The Labute approximate surface area is 231 Å². The van der Waals surface area contributed by atoms with Gasteiger partial charge in [-0.1, -0.05) is 64.6 Å². The molecule has 11 heteroatoms. The summed E-state index contributed by atoms with van der Waals surface area (Å²) in [4.78, 5) is 14.9. The molecule has 0 radical (unpaired) electrons. The minimum absolute atomic E-state index is 0.0293. The van der Waals surface area contributed by atoms with Gasteiger partial charge in [-0.05, 0) is 66.1 Å². The van der Waals surface area contributed by atoms with Crippen LogP contribution in [0.5, 0.6) is 0 Å². The van der Waals surface area contributed by atoms with Crippen LogP contribution in [0.1, 0.15) is 27.2 Å². The van der Waals surface area contributed by atoms with Gasteiger partial charge in [0.25, 0.3) is 5.91 Å². The third-order valence-electron chi connectivity index (χ3n) is 5.61. The molecule has 3 aromatic carbocycles. The number of nitrogens with zero attached hydrogens (tertiary/aromatic N) is 3. The zero-order chi connectivity index (χ0) is 26.7. The third-order valence-corrected chi connectivity index (χ3v) is 6.82. The van der Waals surface area contributed by atoms with E-state index in [0.29, 0.717) is 35.9 Å². The normalized spacial score (nSPS) is 11.5. The van der Waals surface area contributed by atoms with Crippen molar-refractivity contribution in [3.8, 4) is 5.69 Å². The first-order valence-electron chi connectivity index (χ1n) is 10.9. The van der Waals surface area contributed by atoms with Crippen LogP contribution in [0.3, 0.4) is 0 Å². The molecule has 0 aliphatic rings. The molecule has 1 amide bonds. The average Bonchev–Trinajstić information content (AvgIpc) is 3.30. The van der Waals surface area contributed by atoms with Crippen molar-refractivity contribution < 1.29 is 18.0 Å². The summed E-state index contributed by atoms with van der Waals surface area (Å²) >= 11 is 24.4. The summed E-state index contributed by atoms with van der Waals surface area (Å²) in [6, 6.07) is 17.4. The Kier molecular flexibility index (Phi) is 8.39. The molecule has 0 fully saturated rings. The van der Waals surface area contributed by atoms with Crippen LogP contribution in [0, 0.1) is 0 Å². The van der Waals surface area contributed by atoms with E-state index >= 15 is 0 Å². The quantitative estimate of drug-likeness (QED) is 0.218. The van der Waals surface area contributed by atoms with Crippen molar-refractivity contribution in [3.05, 3.63) is 115 Å². The van der Waals surface area contributed by atoms with E-state index in [1.807, 2.05) is 0 Å². The van der Waals surface area contributed by atoms with Gasteiger partial charge in [0.1, 0.15) is 0 Å². The second-order valence-electron chi connectivity index (χ2n) is 8.10. The summed E-state index contributed by atoms with van der Waals surface area (Å²) in [6.07, 6.45) is -3.71. The molecule has 1 heterocycles. The average molecular weight is 587 g/mol. The monoisotopic (exact) mass is 585 g/mol. The molecular weight excluding hydrogens is 569 g/mol. The molecule has 4 nitrogen and oxygen atoms in total. The maximum atomic E-state index is 14.3. The van der Waals surface area contributed by atoms with Crippen LogP contribution >= 0.6 is 46.4 Å². The number of halogens is 7. The van der Waals surface area contributed by atoms with Gasteiger partial charge in [-0.2, -0.15) is 18.3 Å². The topological polar surface area (TPSA) is 38.1 Å². The summed E-state index contributed by atoms with van der Waals surface area (Å²) in [5.41, 5.74) is -0.379.